The number of nitrogens with one attached hydrogen (secondary N) is 1. The van der Waals surface area contributed by atoms with Crippen LogP contribution in [0.5, 0.6) is 0 Å². The van der Waals surface area contributed by atoms with Crippen molar-refractivity contribution in [2.45, 2.75) is 39.0 Å². The Morgan fingerprint density at radius 1 is 1.13 bits per heavy atom. The Hall–Kier alpha value is -1.74. The van der Waals surface area contributed by atoms with Gasteiger partial charge in [-0.15, -0.1) is 0 Å². The number of hydrogen-bond acceptors (Lipinski definition) is 2. The van der Waals surface area contributed by atoms with Gasteiger partial charge in [0.1, 0.15) is 0 Å². The van der Waals surface area contributed by atoms with Gasteiger partial charge in [0.25, 0.3) is 0 Å². The monoisotopic (exact) mass is 327 g/mol. The summed E-state index contributed by atoms with van der Waals surface area (Å²) in [5, 5.41) is 3.10. The van der Waals surface area contributed by atoms with E-state index >= 15 is 0 Å². The fourth-order valence-corrected chi connectivity index (χ4v) is 3.53. The summed E-state index contributed by atoms with van der Waals surface area (Å²) < 4.78 is 0. The van der Waals surface area contributed by atoms with Gasteiger partial charge in [0.15, 0.2) is 0 Å². The largest absolute Gasteiger partial charge is 0.350 e. The molecule has 23 heavy (non-hydrogen) atoms. The van der Waals surface area contributed by atoms with Crippen LogP contribution in [0.2, 0.25) is 0 Å². The lowest BCUT2D eigenvalue weighted by atomic mass is 10.0. The van der Waals surface area contributed by atoms with Crippen LogP contribution in [0, 0.1) is 13.8 Å². The molecule has 0 fully saturated rings. The van der Waals surface area contributed by atoms with Crippen LogP contribution >= 0.6 is 11.8 Å². The highest BCUT2D eigenvalue weighted by atomic mass is 32.2. The van der Waals surface area contributed by atoms with Crippen molar-refractivity contribution in [3.05, 3.63) is 70.8 Å². The van der Waals surface area contributed by atoms with Gasteiger partial charge >= 0.3 is 0 Å². The van der Waals surface area contributed by atoms with E-state index in [4.69, 9.17) is 0 Å². The van der Waals surface area contributed by atoms with E-state index < -0.39 is 0 Å². The zero-order chi connectivity index (χ0) is 16.7. The van der Waals surface area contributed by atoms with Gasteiger partial charge in [-0.1, -0.05) is 54.1 Å². The summed E-state index contributed by atoms with van der Waals surface area (Å²) in [4.78, 5) is 12.1. The lowest BCUT2D eigenvalue weighted by Gasteiger charge is -2.17. The van der Waals surface area contributed by atoms with Gasteiger partial charge in [-0.2, -0.15) is 11.8 Å². The third kappa shape index (κ3) is 5.76. The molecule has 0 saturated heterocycles. The van der Waals surface area contributed by atoms with E-state index in [9.17, 15) is 4.79 Å². The van der Waals surface area contributed by atoms with Crippen LogP contribution in [0.1, 0.15) is 41.6 Å². The third-order valence-electron chi connectivity index (χ3n) is 3.85. The number of benzene rings is 2. The molecule has 122 valence electrons. The molecule has 2 aromatic carbocycles. The summed E-state index contributed by atoms with van der Waals surface area (Å²) in [7, 11) is 0. The van der Waals surface area contributed by atoms with Crippen molar-refractivity contribution in [1.29, 1.82) is 0 Å². The number of hydrogen-bond donors (Lipinski definition) is 1. The van der Waals surface area contributed by atoms with Crippen LogP contribution in [-0.2, 0) is 10.5 Å². The summed E-state index contributed by atoms with van der Waals surface area (Å²) in [6.45, 7) is 6.23. The molecule has 1 amide bonds. The fraction of sp³-hybridized carbons (Fsp3) is 0.350. The van der Waals surface area contributed by atoms with Gasteiger partial charge in [0.2, 0.25) is 5.91 Å². The molecule has 0 unspecified atom stereocenters. The Kier molecular flexibility index (Phi) is 6.72. The molecule has 0 saturated carbocycles. The standard InChI is InChI=1S/C20H25NOS/c1-15-9-10-19(16(2)13-15)17(3)21-20(22)11-12-23-14-18-7-5-4-6-8-18/h4-10,13,17H,11-12,14H2,1-3H3,(H,21,22)/t17-/m0/s1. The van der Waals surface area contributed by atoms with Crippen molar-refractivity contribution in [2.75, 3.05) is 5.75 Å². The Labute approximate surface area is 143 Å². The van der Waals surface area contributed by atoms with Crippen molar-refractivity contribution in [2.24, 2.45) is 0 Å². The minimum atomic E-state index is 0.0576. The highest BCUT2D eigenvalue weighted by Gasteiger charge is 2.11. The number of thioether (sulfide) groups is 1. The minimum absolute atomic E-state index is 0.0576. The first-order valence-electron chi connectivity index (χ1n) is 8.04. The molecule has 1 N–H and O–H groups in total. The lowest BCUT2D eigenvalue weighted by Crippen LogP contribution is -2.27. The van der Waals surface area contributed by atoms with Crippen molar-refractivity contribution in [3.63, 3.8) is 0 Å². The van der Waals surface area contributed by atoms with E-state index in [2.05, 4.69) is 49.5 Å². The molecule has 0 aromatic heterocycles. The summed E-state index contributed by atoms with van der Waals surface area (Å²) in [5.41, 5.74) is 4.99. The first kappa shape index (κ1) is 17.6. The van der Waals surface area contributed by atoms with Gasteiger partial charge in [-0.05, 0) is 37.5 Å². The van der Waals surface area contributed by atoms with E-state index in [0.717, 1.165) is 11.5 Å². The van der Waals surface area contributed by atoms with E-state index in [0.29, 0.717) is 6.42 Å². The quantitative estimate of drug-likeness (QED) is 0.740. The maximum Gasteiger partial charge on any atom is 0.221 e. The second-order valence-corrected chi connectivity index (χ2v) is 7.04. The lowest BCUT2D eigenvalue weighted by molar-refractivity contribution is -0.121. The number of carbonyl (C=O) groups is 1. The predicted molar refractivity (Wildman–Crippen MR) is 99.7 cm³/mol. The zero-order valence-corrected chi connectivity index (χ0v) is 15.0. The highest BCUT2D eigenvalue weighted by Crippen LogP contribution is 2.19. The maximum absolute atomic E-state index is 12.1. The normalized spacial score (nSPS) is 12.0. The molecule has 0 aliphatic rings. The first-order valence-corrected chi connectivity index (χ1v) is 9.20. The summed E-state index contributed by atoms with van der Waals surface area (Å²) in [6.07, 6.45) is 0.562. The van der Waals surface area contributed by atoms with Gasteiger partial charge in [0.05, 0.1) is 6.04 Å². The van der Waals surface area contributed by atoms with Crippen LogP contribution in [0.25, 0.3) is 0 Å². The third-order valence-corrected chi connectivity index (χ3v) is 4.88. The average Bonchev–Trinajstić information content (AvgIpc) is 2.52. The molecule has 0 bridgehead atoms. The molecule has 0 heterocycles. The molecule has 2 aromatic rings. The molecule has 0 radical (unpaired) electrons. The zero-order valence-electron chi connectivity index (χ0n) is 14.1. The van der Waals surface area contributed by atoms with Crippen LogP contribution in [-0.4, -0.2) is 11.7 Å². The van der Waals surface area contributed by atoms with Crippen LogP contribution in [0.15, 0.2) is 48.5 Å². The van der Waals surface area contributed by atoms with Crippen molar-refractivity contribution in [1.82, 2.24) is 5.32 Å². The van der Waals surface area contributed by atoms with Crippen LogP contribution in [0.4, 0.5) is 0 Å². The maximum atomic E-state index is 12.1. The SMILES string of the molecule is Cc1ccc([C@H](C)NC(=O)CCSCc2ccccc2)c(C)c1. The fourth-order valence-electron chi connectivity index (χ4n) is 2.63. The molecule has 0 spiro atoms. The molecule has 2 rings (SSSR count). The van der Waals surface area contributed by atoms with E-state index in [-0.39, 0.29) is 11.9 Å². The van der Waals surface area contributed by atoms with E-state index in [1.807, 2.05) is 25.1 Å². The number of amides is 1. The highest BCUT2D eigenvalue weighted by molar-refractivity contribution is 7.98. The molecular weight excluding hydrogens is 302 g/mol. The van der Waals surface area contributed by atoms with Gasteiger partial charge in [-0.3, -0.25) is 4.79 Å². The van der Waals surface area contributed by atoms with Gasteiger partial charge in [-0.25, -0.2) is 0 Å². The van der Waals surface area contributed by atoms with Gasteiger partial charge < -0.3 is 5.32 Å². The molecule has 2 nitrogen and oxygen atoms in total. The Balaban J connectivity index is 1.74. The molecule has 1 atom stereocenters. The van der Waals surface area contributed by atoms with E-state index in [1.165, 1.54) is 22.3 Å². The Morgan fingerprint density at radius 3 is 2.57 bits per heavy atom. The number of aryl methyl sites for hydroxylation is 2. The van der Waals surface area contributed by atoms with E-state index in [1.54, 1.807) is 11.8 Å². The predicted octanol–water partition coefficient (Wildman–Crippen LogP) is 4.80. The second kappa shape index (κ2) is 8.78. The molecule has 0 aliphatic heterocycles. The smallest absolute Gasteiger partial charge is 0.221 e. The number of carbonyl (C=O) groups excluding carboxylic acids is 1. The van der Waals surface area contributed by atoms with Crippen molar-refractivity contribution < 1.29 is 4.79 Å². The minimum Gasteiger partial charge on any atom is -0.350 e. The topological polar surface area (TPSA) is 29.1 Å². The van der Waals surface area contributed by atoms with Crippen LogP contribution < -0.4 is 5.32 Å². The molecule has 3 heteroatoms. The summed E-state index contributed by atoms with van der Waals surface area (Å²) >= 11 is 1.80. The number of rotatable bonds is 7. The van der Waals surface area contributed by atoms with Crippen molar-refractivity contribution in [3.8, 4) is 0 Å². The molecule has 0 aliphatic carbocycles. The molecular formula is C20H25NOS. The van der Waals surface area contributed by atoms with Crippen LogP contribution in [0.3, 0.4) is 0 Å². The summed E-state index contributed by atoms with van der Waals surface area (Å²) in [5.74, 6) is 1.93. The Bertz CT molecular complexity index is 639. The van der Waals surface area contributed by atoms with Gasteiger partial charge in [0, 0.05) is 17.9 Å². The Morgan fingerprint density at radius 2 is 1.87 bits per heavy atom. The average molecular weight is 327 g/mol. The first-order chi connectivity index (χ1) is 11.1. The summed E-state index contributed by atoms with van der Waals surface area (Å²) in [6, 6.07) is 16.8. The second-order valence-electron chi connectivity index (χ2n) is 5.94. The van der Waals surface area contributed by atoms with Crippen molar-refractivity contribution >= 4 is 17.7 Å².